The van der Waals surface area contributed by atoms with Gasteiger partial charge in [0.25, 0.3) is 0 Å². The van der Waals surface area contributed by atoms with Crippen LogP contribution in [0.25, 0.3) is 0 Å². The predicted octanol–water partition coefficient (Wildman–Crippen LogP) is 6.96. The van der Waals surface area contributed by atoms with Crippen molar-refractivity contribution in [3.8, 4) is 0 Å². The molecule has 12 heteroatoms. The van der Waals surface area contributed by atoms with Crippen molar-refractivity contribution in [3.63, 3.8) is 0 Å². The SMILES string of the molecule is CC(O)CC(O)CC(O)CC1CC(CC(O)CC(C)O)OC(c2ccc(CC(c3cc[n+](C)cc3)C(c3cc[n+](C)cc3)C(c3ccc(C=O)cc3)C(C3C=CC(C=O)=CC3)[C@@H](C)c3cc[n+](C)cc3)cc2)O1. The van der Waals surface area contributed by atoms with E-state index in [1.165, 1.54) is 16.7 Å². The molecule has 12 nitrogen and oxygen atoms in total. The smallest absolute Gasteiger partial charge is 0.184 e. The number of carbonyl (C=O) groups is 2. The molecule has 0 radical (unpaired) electrons. The van der Waals surface area contributed by atoms with Crippen molar-refractivity contribution in [2.75, 3.05) is 0 Å². The van der Waals surface area contributed by atoms with E-state index in [1.54, 1.807) is 13.8 Å². The Kier molecular flexibility index (Phi) is 19.7. The first kappa shape index (κ1) is 55.2. The maximum absolute atomic E-state index is 12.2. The average molecular weight is 997 g/mol. The fourth-order valence-corrected chi connectivity index (χ4v) is 11.4. The number of rotatable bonds is 24. The Morgan fingerprint density at radius 2 is 1.10 bits per heavy atom. The van der Waals surface area contributed by atoms with Crippen LogP contribution in [0.2, 0.25) is 0 Å². The van der Waals surface area contributed by atoms with Gasteiger partial charge in [0, 0.05) is 59.5 Å². The maximum atomic E-state index is 12.2. The number of aldehydes is 2. The van der Waals surface area contributed by atoms with Crippen molar-refractivity contribution in [3.05, 3.63) is 185 Å². The lowest BCUT2D eigenvalue weighted by molar-refractivity contribution is -0.671. The molecule has 4 heterocycles. The average Bonchev–Trinajstić information content (AvgIpc) is 3.36. The van der Waals surface area contributed by atoms with Gasteiger partial charge in [0.05, 0.1) is 42.7 Å². The van der Waals surface area contributed by atoms with Gasteiger partial charge in [-0.1, -0.05) is 73.7 Å². The van der Waals surface area contributed by atoms with Crippen molar-refractivity contribution >= 4 is 12.6 Å². The van der Waals surface area contributed by atoms with Gasteiger partial charge in [0.1, 0.15) is 33.7 Å². The number of hydrogen-bond donors (Lipinski definition) is 5. The molecule has 5 N–H and O–H groups in total. The Labute approximate surface area is 431 Å². The molecule has 1 aliphatic heterocycles. The summed E-state index contributed by atoms with van der Waals surface area (Å²) in [5.41, 5.74) is 7.86. The highest BCUT2D eigenvalue weighted by atomic mass is 16.7. The van der Waals surface area contributed by atoms with E-state index in [0.717, 1.165) is 29.3 Å². The molecule has 7 rings (SSSR count). The van der Waals surface area contributed by atoms with E-state index in [-0.39, 0.29) is 67.6 Å². The summed E-state index contributed by atoms with van der Waals surface area (Å²) >= 11 is 0. The number of aliphatic hydroxyl groups excluding tert-OH is 5. The van der Waals surface area contributed by atoms with Crippen LogP contribution in [-0.2, 0) is 41.8 Å². The molecule has 13 unspecified atom stereocenters. The maximum Gasteiger partial charge on any atom is 0.184 e. The summed E-state index contributed by atoms with van der Waals surface area (Å²) < 4.78 is 19.3. The van der Waals surface area contributed by atoms with E-state index in [9.17, 15) is 35.1 Å². The monoisotopic (exact) mass is 997 g/mol. The van der Waals surface area contributed by atoms with E-state index in [1.807, 2.05) is 51.5 Å². The summed E-state index contributed by atoms with van der Waals surface area (Å²) in [4.78, 5) is 24.3. The molecule has 388 valence electrons. The van der Waals surface area contributed by atoms with Gasteiger partial charge in [0.2, 0.25) is 0 Å². The highest BCUT2D eigenvalue weighted by Crippen LogP contribution is 2.55. The van der Waals surface area contributed by atoms with Crippen molar-refractivity contribution < 1.29 is 58.3 Å². The highest BCUT2D eigenvalue weighted by molar-refractivity contribution is 5.77. The molecule has 1 aliphatic carbocycles. The molecule has 0 saturated carbocycles. The molecule has 73 heavy (non-hydrogen) atoms. The quantitative estimate of drug-likeness (QED) is 0.0325. The normalized spacial score (nSPS) is 22.2. The van der Waals surface area contributed by atoms with Crippen molar-refractivity contribution in [2.45, 2.75) is 145 Å². The van der Waals surface area contributed by atoms with Crippen LogP contribution >= 0.6 is 0 Å². The summed E-state index contributed by atoms with van der Waals surface area (Å²) in [6.07, 6.45) is 17.9. The summed E-state index contributed by atoms with van der Waals surface area (Å²) in [6.45, 7) is 5.59. The molecule has 0 spiro atoms. The topological polar surface area (TPSA) is 165 Å². The lowest BCUT2D eigenvalue weighted by Gasteiger charge is -2.44. The van der Waals surface area contributed by atoms with Crippen LogP contribution in [0.5, 0.6) is 0 Å². The molecule has 0 bridgehead atoms. The number of allylic oxidation sites excluding steroid dienone is 4. The molecule has 2 aliphatic rings. The van der Waals surface area contributed by atoms with Crippen molar-refractivity contribution in [2.24, 2.45) is 33.0 Å². The molecular weight excluding hydrogens is 919 g/mol. The molecule has 1 fully saturated rings. The Bertz CT molecular complexity index is 2560. The molecule has 5 aromatic rings. The van der Waals surface area contributed by atoms with Gasteiger partial charge in [-0.15, -0.1) is 0 Å². The first-order valence-corrected chi connectivity index (χ1v) is 26.1. The number of aromatic nitrogens is 3. The van der Waals surface area contributed by atoms with Gasteiger partial charge in [-0.05, 0) is 122 Å². The largest absolute Gasteiger partial charge is 0.393 e. The first-order chi connectivity index (χ1) is 35.1. The Hall–Kier alpha value is -5.57. The zero-order chi connectivity index (χ0) is 52.2. The van der Waals surface area contributed by atoms with Crippen molar-refractivity contribution in [1.29, 1.82) is 0 Å². The second kappa shape index (κ2) is 26.1. The van der Waals surface area contributed by atoms with Gasteiger partial charge in [-0.25, -0.2) is 13.7 Å². The Balaban J connectivity index is 1.31. The Morgan fingerprint density at radius 3 is 1.60 bits per heavy atom. The Morgan fingerprint density at radius 1 is 0.589 bits per heavy atom. The molecule has 0 amide bonds. The fourth-order valence-electron chi connectivity index (χ4n) is 11.4. The summed E-state index contributed by atoms with van der Waals surface area (Å²) in [5, 5.41) is 52.4. The number of carbonyl (C=O) groups excluding carboxylic acids is 2. The predicted molar refractivity (Wildman–Crippen MR) is 278 cm³/mol. The second-order valence-electron chi connectivity index (χ2n) is 21.1. The van der Waals surface area contributed by atoms with Gasteiger partial charge in [0.15, 0.2) is 43.5 Å². The second-order valence-corrected chi connectivity index (χ2v) is 21.1. The van der Waals surface area contributed by atoms with Crippen LogP contribution in [0.3, 0.4) is 0 Å². The van der Waals surface area contributed by atoms with E-state index < -0.39 is 49.0 Å². The number of pyridine rings is 3. The lowest BCUT2D eigenvalue weighted by atomic mass is 9.59. The van der Waals surface area contributed by atoms with E-state index >= 15 is 0 Å². The van der Waals surface area contributed by atoms with Crippen LogP contribution in [0.4, 0.5) is 0 Å². The van der Waals surface area contributed by atoms with Crippen molar-refractivity contribution in [1.82, 2.24) is 0 Å². The molecular formula is C61H78N3O9+3. The fraction of sp³-hybridized carbons (Fsp3) is 0.459. The van der Waals surface area contributed by atoms with Crippen LogP contribution in [0.15, 0.2) is 146 Å². The summed E-state index contributed by atoms with van der Waals surface area (Å²) in [5.74, 6) is -0.171. The van der Waals surface area contributed by atoms with Gasteiger partial charge >= 0.3 is 0 Å². The third kappa shape index (κ3) is 15.3. The minimum atomic E-state index is -0.884. The van der Waals surface area contributed by atoms with Gasteiger partial charge in [-0.3, -0.25) is 9.59 Å². The number of aryl methyl sites for hydroxylation is 3. The molecule has 3 aromatic heterocycles. The highest BCUT2D eigenvalue weighted by Gasteiger charge is 2.44. The zero-order valence-electron chi connectivity index (χ0n) is 43.4. The van der Waals surface area contributed by atoms with Gasteiger partial charge < -0.3 is 35.0 Å². The number of aliphatic hydroxyl groups is 5. The summed E-state index contributed by atoms with van der Waals surface area (Å²) in [6, 6.07) is 29.8. The lowest BCUT2D eigenvalue weighted by Crippen LogP contribution is -2.38. The first-order valence-electron chi connectivity index (χ1n) is 26.1. The number of benzene rings is 2. The number of hydrogen-bond acceptors (Lipinski definition) is 9. The molecule has 14 atom stereocenters. The van der Waals surface area contributed by atoms with E-state index in [4.69, 9.17) is 9.47 Å². The minimum Gasteiger partial charge on any atom is -0.393 e. The van der Waals surface area contributed by atoms with Crippen LogP contribution in [-0.4, -0.2) is 80.8 Å². The summed E-state index contributed by atoms with van der Waals surface area (Å²) in [7, 11) is 6.08. The molecule has 1 saturated heterocycles. The van der Waals surface area contributed by atoms with Crippen LogP contribution < -0.4 is 13.7 Å². The van der Waals surface area contributed by atoms with Crippen LogP contribution in [0, 0.1) is 11.8 Å². The van der Waals surface area contributed by atoms with E-state index in [0.29, 0.717) is 30.4 Å². The van der Waals surface area contributed by atoms with Crippen LogP contribution in [0.1, 0.15) is 139 Å². The van der Waals surface area contributed by atoms with E-state index in [2.05, 4.69) is 131 Å². The number of nitrogens with zero attached hydrogens (tertiary/aromatic N) is 3. The zero-order valence-corrected chi connectivity index (χ0v) is 43.4. The third-order valence-corrected chi connectivity index (χ3v) is 15.1. The minimum absolute atomic E-state index is 0.0137. The standard InChI is InChI=1S/C61H78N3O9/c1-40(67)31-52(69)34-54(71)36-56-37-55(35-53(70)32-41(2)68)72-61(73-56)51-17-7-43(8-18-51)33-57(47-21-27-63(5)28-22-47)59(50-23-29-64(6)30-24-50)60(49-15-11-45(39-66)12-16-49)58(48-13-9-44(38-65)10-14-48)42(3)46-19-25-62(4)26-20-46/h7-13,15-30,38-42,48,52-61,67-71H,14,31-37H2,1-6H3/q+3/t40?,41?,42-,48?,52?,53?,54?,55?,56?,57?,58?,59?,60?,61?/m0/s1. The van der Waals surface area contributed by atoms with Gasteiger partial charge in [-0.2, -0.15) is 0 Å². The molecule has 2 aromatic carbocycles. The number of ether oxygens (including phenoxy) is 2. The third-order valence-electron chi connectivity index (χ3n) is 15.1.